The monoisotopic (exact) mass is 229 g/mol. The van der Waals surface area contributed by atoms with E-state index in [1.165, 1.54) is 6.20 Å². The van der Waals surface area contributed by atoms with Gasteiger partial charge in [-0.1, -0.05) is 18.2 Å². The third-order valence-corrected chi connectivity index (χ3v) is 2.15. The lowest BCUT2D eigenvalue weighted by molar-refractivity contribution is 0.0996. The lowest BCUT2D eigenvalue weighted by Gasteiger charge is -2.09. The Labute approximate surface area is 98.0 Å². The minimum absolute atomic E-state index is 0.0124. The quantitative estimate of drug-likeness (QED) is 0.835. The van der Waals surface area contributed by atoms with Gasteiger partial charge in [-0.05, 0) is 12.1 Å². The van der Waals surface area contributed by atoms with Crippen molar-refractivity contribution in [3.63, 3.8) is 0 Å². The molecule has 0 aliphatic heterocycles. The van der Waals surface area contributed by atoms with Gasteiger partial charge in [0.25, 0.3) is 5.91 Å². The third kappa shape index (κ3) is 2.34. The minimum atomic E-state index is -0.680. The van der Waals surface area contributed by atoms with Gasteiger partial charge in [0, 0.05) is 12.3 Å². The number of carbonyl (C=O) groups excluding carboxylic acids is 1. The summed E-state index contributed by atoms with van der Waals surface area (Å²) in [5, 5.41) is 0. The average molecular weight is 229 g/mol. The smallest absolute Gasteiger partial charge is 0.269 e. The first-order chi connectivity index (χ1) is 8.18. The van der Waals surface area contributed by atoms with Crippen LogP contribution in [0.5, 0.6) is 11.5 Å². The molecule has 1 heterocycles. The number of hydrogen-bond donors (Lipinski definition) is 2. The van der Waals surface area contributed by atoms with E-state index < -0.39 is 5.91 Å². The molecular weight excluding hydrogens is 218 g/mol. The molecule has 17 heavy (non-hydrogen) atoms. The second-order valence-electron chi connectivity index (χ2n) is 3.35. The van der Waals surface area contributed by atoms with Gasteiger partial charge >= 0.3 is 0 Å². The number of nitrogen functional groups attached to an aromatic ring is 1. The van der Waals surface area contributed by atoms with Crippen LogP contribution in [-0.2, 0) is 0 Å². The lowest BCUT2D eigenvalue weighted by atomic mass is 10.2. The van der Waals surface area contributed by atoms with Gasteiger partial charge in [-0.15, -0.1) is 0 Å². The molecule has 2 rings (SSSR count). The van der Waals surface area contributed by atoms with Crippen LogP contribution in [0.4, 0.5) is 5.69 Å². The van der Waals surface area contributed by atoms with Crippen molar-refractivity contribution >= 4 is 11.6 Å². The molecule has 1 amide bonds. The van der Waals surface area contributed by atoms with E-state index in [0.29, 0.717) is 11.5 Å². The number of carbonyl (C=O) groups is 1. The van der Waals surface area contributed by atoms with E-state index in [2.05, 4.69) is 4.98 Å². The Balaban J connectivity index is 2.34. The van der Waals surface area contributed by atoms with E-state index in [0.717, 1.165) is 0 Å². The maximum Gasteiger partial charge on any atom is 0.269 e. The van der Waals surface area contributed by atoms with Crippen molar-refractivity contribution in [1.82, 2.24) is 4.98 Å². The molecule has 0 fully saturated rings. The summed E-state index contributed by atoms with van der Waals surface area (Å²) in [4.78, 5) is 14.9. The summed E-state index contributed by atoms with van der Waals surface area (Å²) in [5.41, 5.74) is 11.0. The molecule has 0 aliphatic carbocycles. The predicted octanol–water partition coefficient (Wildman–Crippen LogP) is 1.55. The number of benzene rings is 1. The van der Waals surface area contributed by atoms with E-state index >= 15 is 0 Å². The van der Waals surface area contributed by atoms with Crippen LogP contribution >= 0.6 is 0 Å². The largest absolute Gasteiger partial charge is 0.455 e. The standard InChI is InChI=1S/C12H11N3O2/c13-10-9(6-7-15-11(10)12(14)16)17-8-4-2-1-3-5-8/h1-7H,13H2,(H2,14,16). The minimum Gasteiger partial charge on any atom is -0.455 e. The average Bonchev–Trinajstić information content (AvgIpc) is 2.33. The molecule has 0 saturated carbocycles. The van der Waals surface area contributed by atoms with Crippen molar-refractivity contribution < 1.29 is 9.53 Å². The number of para-hydroxylation sites is 1. The summed E-state index contributed by atoms with van der Waals surface area (Å²) in [6.07, 6.45) is 1.43. The summed E-state index contributed by atoms with van der Waals surface area (Å²) in [6, 6.07) is 10.7. The molecule has 5 heteroatoms. The maximum absolute atomic E-state index is 11.1. The summed E-state index contributed by atoms with van der Waals surface area (Å²) in [7, 11) is 0. The molecule has 2 aromatic rings. The van der Waals surface area contributed by atoms with E-state index in [-0.39, 0.29) is 11.4 Å². The summed E-state index contributed by atoms with van der Waals surface area (Å²) >= 11 is 0. The molecule has 0 bridgehead atoms. The Morgan fingerprint density at radius 1 is 1.18 bits per heavy atom. The zero-order valence-electron chi connectivity index (χ0n) is 8.96. The van der Waals surface area contributed by atoms with Gasteiger partial charge in [-0.25, -0.2) is 4.98 Å². The summed E-state index contributed by atoms with van der Waals surface area (Å²) in [5.74, 6) is 0.307. The first-order valence-corrected chi connectivity index (χ1v) is 4.95. The number of rotatable bonds is 3. The lowest BCUT2D eigenvalue weighted by Crippen LogP contribution is -2.15. The van der Waals surface area contributed by atoms with Crippen LogP contribution in [0.25, 0.3) is 0 Å². The molecule has 0 spiro atoms. The molecule has 0 radical (unpaired) electrons. The van der Waals surface area contributed by atoms with Gasteiger partial charge < -0.3 is 16.2 Å². The highest BCUT2D eigenvalue weighted by Crippen LogP contribution is 2.28. The summed E-state index contributed by atoms with van der Waals surface area (Å²) < 4.78 is 5.53. The number of nitrogens with zero attached hydrogens (tertiary/aromatic N) is 1. The van der Waals surface area contributed by atoms with Crippen LogP contribution in [0.15, 0.2) is 42.6 Å². The highest BCUT2D eigenvalue weighted by Gasteiger charge is 2.12. The van der Waals surface area contributed by atoms with Gasteiger partial charge in [0.05, 0.1) is 0 Å². The zero-order valence-corrected chi connectivity index (χ0v) is 8.96. The number of nitrogens with two attached hydrogens (primary N) is 2. The van der Waals surface area contributed by atoms with Crippen LogP contribution in [0, 0.1) is 0 Å². The van der Waals surface area contributed by atoms with E-state index in [1.54, 1.807) is 18.2 Å². The van der Waals surface area contributed by atoms with Crippen LogP contribution in [0.3, 0.4) is 0 Å². The van der Waals surface area contributed by atoms with Crippen molar-refractivity contribution in [2.75, 3.05) is 5.73 Å². The van der Waals surface area contributed by atoms with E-state index in [4.69, 9.17) is 16.2 Å². The predicted molar refractivity (Wildman–Crippen MR) is 63.7 cm³/mol. The second kappa shape index (κ2) is 4.52. The van der Waals surface area contributed by atoms with Crippen LogP contribution in [-0.4, -0.2) is 10.9 Å². The highest BCUT2D eigenvalue weighted by atomic mass is 16.5. The first kappa shape index (κ1) is 10.9. The molecule has 0 saturated heterocycles. The second-order valence-corrected chi connectivity index (χ2v) is 3.35. The topological polar surface area (TPSA) is 91.2 Å². The molecular formula is C12H11N3O2. The Morgan fingerprint density at radius 2 is 1.88 bits per heavy atom. The van der Waals surface area contributed by atoms with Crippen LogP contribution < -0.4 is 16.2 Å². The fraction of sp³-hybridized carbons (Fsp3) is 0. The Kier molecular flexibility index (Phi) is 2.91. The Bertz CT molecular complexity index is 541. The zero-order chi connectivity index (χ0) is 12.3. The van der Waals surface area contributed by atoms with E-state index in [9.17, 15) is 4.79 Å². The number of amides is 1. The van der Waals surface area contributed by atoms with Gasteiger partial charge in [-0.2, -0.15) is 0 Å². The number of hydrogen-bond acceptors (Lipinski definition) is 4. The number of primary amides is 1. The van der Waals surface area contributed by atoms with Crippen LogP contribution in [0.2, 0.25) is 0 Å². The van der Waals surface area contributed by atoms with E-state index in [1.807, 2.05) is 18.2 Å². The summed E-state index contributed by atoms with van der Waals surface area (Å²) in [6.45, 7) is 0. The SMILES string of the molecule is NC(=O)c1nccc(Oc2ccccc2)c1N. The molecule has 4 N–H and O–H groups in total. The fourth-order valence-corrected chi connectivity index (χ4v) is 1.36. The van der Waals surface area contributed by atoms with Crippen molar-refractivity contribution in [1.29, 1.82) is 0 Å². The number of aromatic nitrogens is 1. The number of pyridine rings is 1. The van der Waals surface area contributed by atoms with Gasteiger partial charge in [0.2, 0.25) is 0 Å². The van der Waals surface area contributed by atoms with Crippen LogP contribution in [0.1, 0.15) is 10.5 Å². The molecule has 5 nitrogen and oxygen atoms in total. The van der Waals surface area contributed by atoms with Crippen molar-refractivity contribution in [2.45, 2.75) is 0 Å². The number of ether oxygens (including phenoxy) is 1. The molecule has 0 atom stereocenters. The van der Waals surface area contributed by atoms with Gasteiger partial charge in [-0.3, -0.25) is 4.79 Å². The number of anilines is 1. The molecule has 1 aromatic heterocycles. The van der Waals surface area contributed by atoms with Gasteiger partial charge in [0.15, 0.2) is 11.4 Å². The van der Waals surface area contributed by atoms with Crippen molar-refractivity contribution in [2.24, 2.45) is 5.73 Å². The fourth-order valence-electron chi connectivity index (χ4n) is 1.36. The maximum atomic E-state index is 11.1. The van der Waals surface area contributed by atoms with Crippen molar-refractivity contribution in [3.05, 3.63) is 48.3 Å². The highest BCUT2D eigenvalue weighted by molar-refractivity contribution is 5.97. The third-order valence-electron chi connectivity index (χ3n) is 2.15. The van der Waals surface area contributed by atoms with Crippen molar-refractivity contribution in [3.8, 4) is 11.5 Å². The van der Waals surface area contributed by atoms with Gasteiger partial charge in [0.1, 0.15) is 11.4 Å². The molecule has 86 valence electrons. The Hall–Kier alpha value is -2.56. The Morgan fingerprint density at radius 3 is 2.53 bits per heavy atom. The normalized spacial score (nSPS) is 9.88. The molecule has 0 unspecified atom stereocenters. The molecule has 1 aromatic carbocycles. The first-order valence-electron chi connectivity index (χ1n) is 4.95. The molecule has 0 aliphatic rings.